The summed E-state index contributed by atoms with van der Waals surface area (Å²) in [5.41, 5.74) is 0.593. The predicted molar refractivity (Wildman–Crippen MR) is 103 cm³/mol. The first-order chi connectivity index (χ1) is 14.2. The van der Waals surface area contributed by atoms with Crippen molar-refractivity contribution < 1.29 is 28.6 Å². The van der Waals surface area contributed by atoms with E-state index in [-0.39, 0.29) is 42.0 Å². The number of anilines is 1. The quantitative estimate of drug-likeness (QED) is 0.474. The normalized spacial score (nSPS) is 13.7. The summed E-state index contributed by atoms with van der Waals surface area (Å²) >= 11 is 0. The van der Waals surface area contributed by atoms with Crippen molar-refractivity contribution in [2.24, 2.45) is 0 Å². The molecule has 164 valence electrons. The number of aromatic nitrogens is 2. The number of hydrogen-bond acceptors (Lipinski definition) is 3. The van der Waals surface area contributed by atoms with Gasteiger partial charge in [0.1, 0.15) is 16.8 Å². The molecule has 2 aromatic carbocycles. The van der Waals surface area contributed by atoms with Crippen molar-refractivity contribution in [2.45, 2.75) is 17.9 Å². The average Bonchev–Trinajstić information content (AvgIpc) is 3.08. The fourth-order valence-corrected chi connectivity index (χ4v) is 3.35. The SMILES string of the molecule is N#Cc1cc(Cn2ccc(NC(=O)Cc3ccc(S(F)(F)(F)(F)F)cc3)n2)ccc1F. The average molecular weight is 460 g/mol. The number of hydrogen-bond donors (Lipinski definition) is 1. The standard InChI is InChI=1S/C19H14F6N4OS/c20-17-6-3-14(9-15(17)11-26)12-29-8-7-18(28-29)27-19(30)10-13-1-4-16(5-2-13)31(21,22,23,24)25/h1-9H,10,12H2,(H,27,28,30). The maximum atomic E-state index is 13.4. The lowest BCUT2D eigenvalue weighted by Crippen LogP contribution is -2.15. The highest BCUT2D eigenvalue weighted by atomic mass is 32.5. The maximum Gasteiger partial charge on any atom is 0.310 e. The number of halogens is 6. The largest absolute Gasteiger partial charge is 0.310 e. The van der Waals surface area contributed by atoms with Gasteiger partial charge in [-0.3, -0.25) is 9.48 Å². The van der Waals surface area contributed by atoms with E-state index in [9.17, 15) is 28.6 Å². The fraction of sp³-hybridized carbons (Fsp3) is 0.105. The van der Waals surface area contributed by atoms with E-state index in [1.54, 1.807) is 6.07 Å². The number of nitrogens with zero attached hydrogens (tertiary/aromatic N) is 3. The van der Waals surface area contributed by atoms with Crippen LogP contribution in [0.25, 0.3) is 0 Å². The third-order valence-electron chi connectivity index (χ3n) is 4.14. The van der Waals surface area contributed by atoms with Gasteiger partial charge in [0.2, 0.25) is 5.91 Å². The lowest BCUT2D eigenvalue weighted by Gasteiger charge is -2.40. The Morgan fingerprint density at radius 2 is 1.68 bits per heavy atom. The minimum atomic E-state index is -9.76. The second-order valence-electron chi connectivity index (χ2n) is 6.66. The second-order valence-corrected chi connectivity index (χ2v) is 9.07. The summed E-state index contributed by atoms with van der Waals surface area (Å²) in [4.78, 5) is 10.1. The molecule has 31 heavy (non-hydrogen) atoms. The fourth-order valence-electron chi connectivity index (χ4n) is 2.70. The molecule has 0 fully saturated rings. The molecule has 0 aliphatic heterocycles. The number of benzene rings is 2. The molecule has 0 spiro atoms. The summed E-state index contributed by atoms with van der Waals surface area (Å²) in [5, 5.41) is 15.4. The van der Waals surface area contributed by atoms with Gasteiger partial charge in [-0.1, -0.05) is 37.6 Å². The zero-order chi connectivity index (χ0) is 22.9. The van der Waals surface area contributed by atoms with Crippen LogP contribution in [0.15, 0.2) is 59.6 Å². The van der Waals surface area contributed by atoms with Crippen LogP contribution < -0.4 is 5.32 Å². The Labute approximate surface area is 172 Å². The van der Waals surface area contributed by atoms with E-state index < -0.39 is 26.8 Å². The van der Waals surface area contributed by atoms with E-state index >= 15 is 0 Å². The molecule has 0 saturated carbocycles. The zero-order valence-electron chi connectivity index (χ0n) is 15.5. The minimum absolute atomic E-state index is 0.109. The molecular formula is C19H14F6N4OS. The number of nitrogens with one attached hydrogen (secondary N) is 1. The molecule has 0 radical (unpaired) electrons. The van der Waals surface area contributed by atoms with E-state index in [0.717, 1.165) is 18.2 Å². The van der Waals surface area contributed by atoms with Crippen LogP contribution in [0.2, 0.25) is 0 Å². The molecular weight excluding hydrogens is 446 g/mol. The highest BCUT2D eigenvalue weighted by Gasteiger charge is 2.65. The number of carbonyl (C=O) groups is 1. The molecule has 1 N–H and O–H groups in total. The van der Waals surface area contributed by atoms with Crippen molar-refractivity contribution in [3.63, 3.8) is 0 Å². The topological polar surface area (TPSA) is 70.7 Å². The molecule has 0 saturated heterocycles. The Hall–Kier alpha value is -3.46. The highest BCUT2D eigenvalue weighted by Crippen LogP contribution is 3.02. The van der Waals surface area contributed by atoms with Gasteiger partial charge < -0.3 is 5.32 Å². The van der Waals surface area contributed by atoms with E-state index in [4.69, 9.17) is 5.26 Å². The van der Waals surface area contributed by atoms with Gasteiger partial charge in [0, 0.05) is 12.3 Å². The van der Waals surface area contributed by atoms with Crippen LogP contribution in [0.5, 0.6) is 0 Å². The van der Waals surface area contributed by atoms with Crippen molar-refractivity contribution in [3.8, 4) is 6.07 Å². The third-order valence-corrected chi connectivity index (χ3v) is 5.30. The lowest BCUT2D eigenvalue weighted by atomic mass is 10.1. The Morgan fingerprint density at radius 1 is 1.03 bits per heavy atom. The first-order valence-electron chi connectivity index (χ1n) is 8.58. The molecule has 3 rings (SSSR count). The highest BCUT2D eigenvalue weighted by molar-refractivity contribution is 8.45. The molecule has 1 heterocycles. The Balaban J connectivity index is 1.62. The van der Waals surface area contributed by atoms with E-state index in [1.807, 2.05) is 0 Å². The number of amides is 1. The van der Waals surface area contributed by atoms with Crippen LogP contribution in [0.4, 0.5) is 29.6 Å². The number of carbonyl (C=O) groups excluding carboxylic acids is 1. The van der Waals surface area contributed by atoms with Gasteiger partial charge in [0.25, 0.3) is 0 Å². The van der Waals surface area contributed by atoms with E-state index in [1.165, 1.54) is 29.1 Å². The monoisotopic (exact) mass is 460 g/mol. The summed E-state index contributed by atoms with van der Waals surface area (Å²) in [7, 11) is -9.76. The van der Waals surface area contributed by atoms with Gasteiger partial charge in [-0.25, -0.2) is 4.39 Å². The zero-order valence-corrected chi connectivity index (χ0v) is 16.4. The van der Waals surface area contributed by atoms with Crippen LogP contribution in [0.1, 0.15) is 16.7 Å². The summed E-state index contributed by atoms with van der Waals surface area (Å²) < 4.78 is 78.4. The lowest BCUT2D eigenvalue weighted by molar-refractivity contribution is -0.115. The maximum absolute atomic E-state index is 13.4. The van der Waals surface area contributed by atoms with Gasteiger partial charge in [-0.15, -0.1) is 0 Å². The van der Waals surface area contributed by atoms with Crippen LogP contribution in [0.3, 0.4) is 0 Å². The molecule has 1 aromatic heterocycles. The molecule has 3 aromatic rings. The minimum Gasteiger partial charge on any atom is -0.309 e. The molecule has 0 unspecified atom stereocenters. The molecule has 0 bridgehead atoms. The summed E-state index contributed by atoms with van der Waals surface area (Å²) in [5.74, 6) is -1.11. The molecule has 12 heteroatoms. The van der Waals surface area contributed by atoms with Crippen LogP contribution >= 0.6 is 10.2 Å². The number of nitriles is 1. The Kier molecular flexibility index (Phi) is 5.06. The molecule has 5 nitrogen and oxygen atoms in total. The molecule has 0 aliphatic carbocycles. The van der Waals surface area contributed by atoms with Crippen molar-refractivity contribution in [1.82, 2.24) is 9.78 Å². The van der Waals surface area contributed by atoms with Gasteiger partial charge in [0.05, 0.1) is 18.5 Å². The van der Waals surface area contributed by atoms with Crippen LogP contribution in [0, 0.1) is 17.1 Å². The van der Waals surface area contributed by atoms with Crippen LogP contribution in [-0.4, -0.2) is 15.7 Å². The van der Waals surface area contributed by atoms with E-state index in [0.29, 0.717) is 5.56 Å². The molecule has 0 atom stereocenters. The first-order valence-corrected chi connectivity index (χ1v) is 10.5. The van der Waals surface area contributed by atoms with E-state index in [2.05, 4.69) is 10.4 Å². The number of rotatable bonds is 6. The van der Waals surface area contributed by atoms with Crippen LogP contribution in [-0.2, 0) is 17.8 Å². The summed E-state index contributed by atoms with van der Waals surface area (Å²) in [6, 6.07) is 9.31. The predicted octanol–water partition coefficient (Wildman–Crippen LogP) is 5.78. The van der Waals surface area contributed by atoms with Crippen molar-refractivity contribution >= 4 is 21.9 Å². The van der Waals surface area contributed by atoms with Crippen molar-refractivity contribution in [2.75, 3.05) is 5.32 Å². The third kappa shape index (κ3) is 5.79. The van der Waals surface area contributed by atoms with Gasteiger partial charge in [0.15, 0.2) is 5.82 Å². The molecule has 1 amide bonds. The smallest absolute Gasteiger partial charge is 0.309 e. The Morgan fingerprint density at radius 3 is 2.29 bits per heavy atom. The Bertz CT molecular complexity index is 1180. The first kappa shape index (κ1) is 22.2. The van der Waals surface area contributed by atoms with Gasteiger partial charge in [-0.2, -0.15) is 10.4 Å². The second kappa shape index (κ2) is 7.05. The summed E-state index contributed by atoms with van der Waals surface area (Å²) in [6.45, 7) is 0.195. The summed E-state index contributed by atoms with van der Waals surface area (Å²) in [6.07, 6.45) is 1.17. The van der Waals surface area contributed by atoms with Gasteiger partial charge in [-0.05, 0) is 35.4 Å². The van der Waals surface area contributed by atoms with Crippen molar-refractivity contribution in [1.29, 1.82) is 5.26 Å². The molecule has 0 aliphatic rings. The van der Waals surface area contributed by atoms with Crippen molar-refractivity contribution in [3.05, 3.63) is 77.2 Å². The van der Waals surface area contributed by atoms with Gasteiger partial charge >= 0.3 is 10.2 Å².